The number of amides is 1. The van der Waals surface area contributed by atoms with Gasteiger partial charge in [0.05, 0.1) is 12.2 Å². The average Bonchev–Trinajstić information content (AvgIpc) is 2.75. The van der Waals surface area contributed by atoms with Crippen LogP contribution in [0.5, 0.6) is 0 Å². The van der Waals surface area contributed by atoms with Crippen LogP contribution in [0.4, 0.5) is 5.88 Å². The smallest absolute Gasteiger partial charge is 0.320 e. The summed E-state index contributed by atoms with van der Waals surface area (Å²) in [4.78, 5) is 24.6. The first kappa shape index (κ1) is 13.5. The van der Waals surface area contributed by atoms with Gasteiger partial charge in [-0.2, -0.15) is 0 Å². The Morgan fingerprint density at radius 1 is 1.58 bits per heavy atom. The van der Waals surface area contributed by atoms with E-state index in [1.807, 2.05) is 0 Å². The van der Waals surface area contributed by atoms with Crippen molar-refractivity contribution in [3.05, 3.63) is 11.8 Å². The molecule has 0 spiro atoms. The molecule has 0 bridgehead atoms. The highest BCUT2D eigenvalue weighted by Gasteiger charge is 2.29. The third-order valence-electron chi connectivity index (χ3n) is 3.14. The van der Waals surface area contributed by atoms with E-state index in [1.165, 1.54) is 0 Å². The van der Waals surface area contributed by atoms with Gasteiger partial charge in [-0.05, 0) is 26.3 Å². The number of hydrogen-bond donors (Lipinski definition) is 2. The molecule has 1 unspecified atom stereocenters. The number of likely N-dealkylation sites (tertiary alicyclic amines) is 1. The fourth-order valence-corrected chi connectivity index (χ4v) is 2.24. The van der Waals surface area contributed by atoms with Gasteiger partial charge in [-0.3, -0.25) is 19.8 Å². The highest BCUT2D eigenvalue weighted by molar-refractivity contribution is 5.91. The number of hydrogen-bond acceptors (Lipinski definition) is 5. The quantitative estimate of drug-likeness (QED) is 0.840. The predicted octanol–water partition coefficient (Wildman–Crippen LogP) is 0.861. The predicted molar refractivity (Wildman–Crippen MR) is 66.7 cm³/mol. The Bertz CT molecular complexity index is 471. The molecule has 2 rings (SSSR count). The van der Waals surface area contributed by atoms with Crippen LogP contribution in [0.1, 0.15) is 25.0 Å². The molecular formula is C12H17N3O4. The number of carbonyl (C=O) groups excluding carboxylic acids is 1. The van der Waals surface area contributed by atoms with Crippen molar-refractivity contribution in [3.8, 4) is 0 Å². The largest absolute Gasteiger partial charge is 0.480 e. The zero-order valence-electron chi connectivity index (χ0n) is 10.8. The van der Waals surface area contributed by atoms with E-state index in [4.69, 9.17) is 9.63 Å². The molecule has 1 aliphatic rings. The van der Waals surface area contributed by atoms with Crippen LogP contribution in [0, 0.1) is 6.92 Å². The van der Waals surface area contributed by atoms with Crippen LogP contribution in [0.2, 0.25) is 0 Å². The minimum Gasteiger partial charge on any atom is -0.480 e. The standard InChI is InChI=1S/C12H17N3O4/c1-8-6-11(19-14-8)13-10(16)7-15-5-3-2-4-9(15)12(17)18/h6,9H,2-5,7H2,1H3,(H,13,16)(H,17,18). The van der Waals surface area contributed by atoms with E-state index in [-0.39, 0.29) is 18.3 Å². The lowest BCUT2D eigenvalue weighted by atomic mass is 10.0. The molecule has 104 valence electrons. The number of carboxylic acid groups (broad SMARTS) is 1. The van der Waals surface area contributed by atoms with Gasteiger partial charge >= 0.3 is 5.97 Å². The highest BCUT2D eigenvalue weighted by Crippen LogP contribution is 2.17. The van der Waals surface area contributed by atoms with E-state index in [0.717, 1.165) is 12.8 Å². The third kappa shape index (κ3) is 3.54. The topological polar surface area (TPSA) is 95.7 Å². The molecule has 1 aliphatic heterocycles. The average molecular weight is 267 g/mol. The van der Waals surface area contributed by atoms with Crippen molar-refractivity contribution in [2.24, 2.45) is 0 Å². The summed E-state index contributed by atoms with van der Waals surface area (Å²) >= 11 is 0. The zero-order chi connectivity index (χ0) is 13.8. The molecule has 1 fully saturated rings. The second-order valence-electron chi connectivity index (χ2n) is 4.70. The van der Waals surface area contributed by atoms with Crippen molar-refractivity contribution in [2.45, 2.75) is 32.2 Å². The number of nitrogens with zero attached hydrogens (tertiary/aromatic N) is 2. The van der Waals surface area contributed by atoms with Crippen LogP contribution in [0.15, 0.2) is 10.6 Å². The van der Waals surface area contributed by atoms with Crippen LogP contribution in [-0.2, 0) is 9.59 Å². The molecule has 1 amide bonds. The van der Waals surface area contributed by atoms with Crippen molar-refractivity contribution in [3.63, 3.8) is 0 Å². The summed E-state index contributed by atoms with van der Waals surface area (Å²) in [6, 6.07) is 1.04. The SMILES string of the molecule is Cc1cc(NC(=O)CN2CCCCC2C(=O)O)on1. The fourth-order valence-electron chi connectivity index (χ4n) is 2.24. The first-order valence-electron chi connectivity index (χ1n) is 6.26. The van der Waals surface area contributed by atoms with Gasteiger partial charge in [-0.25, -0.2) is 0 Å². The maximum absolute atomic E-state index is 11.8. The second kappa shape index (κ2) is 5.83. The molecule has 0 radical (unpaired) electrons. The lowest BCUT2D eigenvalue weighted by Crippen LogP contribution is -2.47. The van der Waals surface area contributed by atoms with E-state index in [1.54, 1.807) is 17.9 Å². The van der Waals surface area contributed by atoms with Gasteiger partial charge in [0.2, 0.25) is 11.8 Å². The van der Waals surface area contributed by atoms with Crippen LogP contribution in [0.25, 0.3) is 0 Å². The van der Waals surface area contributed by atoms with Gasteiger partial charge in [0.1, 0.15) is 6.04 Å². The Balaban J connectivity index is 1.91. The molecule has 1 atom stereocenters. The number of anilines is 1. The minimum atomic E-state index is -0.872. The maximum Gasteiger partial charge on any atom is 0.320 e. The van der Waals surface area contributed by atoms with Crippen LogP contribution in [0.3, 0.4) is 0 Å². The number of carbonyl (C=O) groups is 2. The Labute approximate surface area is 110 Å². The summed E-state index contributed by atoms with van der Waals surface area (Å²) in [7, 11) is 0. The zero-order valence-corrected chi connectivity index (χ0v) is 10.8. The number of piperidine rings is 1. The van der Waals surface area contributed by atoms with Crippen molar-refractivity contribution in [2.75, 3.05) is 18.4 Å². The number of carboxylic acids is 1. The molecule has 1 saturated heterocycles. The summed E-state index contributed by atoms with van der Waals surface area (Å²) in [6.45, 7) is 2.43. The molecule has 0 aliphatic carbocycles. The number of nitrogens with one attached hydrogen (secondary N) is 1. The molecule has 7 heteroatoms. The van der Waals surface area contributed by atoms with Crippen molar-refractivity contribution in [1.29, 1.82) is 0 Å². The fraction of sp³-hybridized carbons (Fsp3) is 0.583. The highest BCUT2D eigenvalue weighted by atomic mass is 16.5. The molecule has 19 heavy (non-hydrogen) atoms. The van der Waals surface area contributed by atoms with Gasteiger partial charge in [0.15, 0.2) is 0 Å². The van der Waals surface area contributed by atoms with E-state index in [2.05, 4.69) is 10.5 Å². The first-order chi connectivity index (χ1) is 9.06. The Morgan fingerprint density at radius 2 is 2.37 bits per heavy atom. The van der Waals surface area contributed by atoms with Crippen molar-refractivity contribution >= 4 is 17.8 Å². The van der Waals surface area contributed by atoms with E-state index >= 15 is 0 Å². The number of aryl methyl sites for hydroxylation is 1. The second-order valence-corrected chi connectivity index (χ2v) is 4.70. The summed E-state index contributed by atoms with van der Waals surface area (Å²) in [6.07, 6.45) is 2.39. The monoisotopic (exact) mass is 267 g/mol. The van der Waals surface area contributed by atoms with Crippen molar-refractivity contribution in [1.82, 2.24) is 10.1 Å². The molecule has 7 nitrogen and oxygen atoms in total. The number of aromatic nitrogens is 1. The Kier molecular flexibility index (Phi) is 4.16. The number of rotatable bonds is 4. The molecule has 1 aromatic heterocycles. The molecule has 2 N–H and O–H groups in total. The van der Waals surface area contributed by atoms with E-state index in [9.17, 15) is 9.59 Å². The van der Waals surface area contributed by atoms with Gasteiger partial charge in [0, 0.05) is 6.07 Å². The third-order valence-corrected chi connectivity index (χ3v) is 3.14. The summed E-state index contributed by atoms with van der Waals surface area (Å²) in [5, 5.41) is 15.3. The van der Waals surface area contributed by atoms with Crippen LogP contribution in [-0.4, -0.2) is 46.2 Å². The van der Waals surface area contributed by atoms with E-state index < -0.39 is 12.0 Å². The van der Waals surface area contributed by atoms with Crippen LogP contribution < -0.4 is 5.32 Å². The van der Waals surface area contributed by atoms with Crippen molar-refractivity contribution < 1.29 is 19.2 Å². The molecule has 1 aromatic rings. The summed E-state index contributed by atoms with van der Waals surface area (Å²) in [5.41, 5.74) is 0.677. The molecular weight excluding hydrogens is 250 g/mol. The normalized spacial score (nSPS) is 20.2. The van der Waals surface area contributed by atoms with E-state index in [0.29, 0.717) is 18.7 Å². The molecule has 0 aromatic carbocycles. The Morgan fingerprint density at radius 3 is 3.00 bits per heavy atom. The molecule has 0 saturated carbocycles. The van der Waals surface area contributed by atoms with Gasteiger partial charge in [0.25, 0.3) is 0 Å². The first-order valence-corrected chi connectivity index (χ1v) is 6.26. The minimum absolute atomic E-state index is 0.0523. The Hall–Kier alpha value is -1.89. The van der Waals surface area contributed by atoms with Gasteiger partial charge < -0.3 is 9.63 Å². The number of aliphatic carboxylic acids is 1. The lowest BCUT2D eigenvalue weighted by Gasteiger charge is -2.31. The van der Waals surface area contributed by atoms with Crippen LogP contribution >= 0.6 is 0 Å². The summed E-state index contributed by atoms with van der Waals surface area (Å²) < 4.78 is 4.88. The lowest BCUT2D eigenvalue weighted by molar-refractivity contribution is -0.145. The van der Waals surface area contributed by atoms with Gasteiger partial charge in [-0.1, -0.05) is 11.6 Å². The maximum atomic E-state index is 11.8. The summed E-state index contributed by atoms with van der Waals surface area (Å²) in [5.74, 6) is -0.876. The van der Waals surface area contributed by atoms with Gasteiger partial charge in [-0.15, -0.1) is 0 Å². The molecule has 2 heterocycles.